The molecule has 3 nitrogen and oxygen atoms in total. The maximum atomic E-state index is 9.48. The molecule has 1 N–H and O–H groups in total. The van der Waals surface area contributed by atoms with Crippen molar-refractivity contribution in [2.45, 2.75) is 25.2 Å². The highest BCUT2D eigenvalue weighted by Crippen LogP contribution is 2.38. The number of hydrogen-bond acceptors (Lipinski definition) is 2. The smallest absolute Gasteiger partial charge is 0.117 e. The topological polar surface area (TPSA) is 38.0 Å². The maximum absolute atomic E-state index is 9.48. The molecule has 3 aromatic rings. The van der Waals surface area contributed by atoms with E-state index < -0.39 is 0 Å². The van der Waals surface area contributed by atoms with Crippen molar-refractivity contribution < 1.29 is 5.11 Å². The molecule has 0 atom stereocenters. The van der Waals surface area contributed by atoms with Crippen LogP contribution in [0.4, 0.5) is 0 Å². The first kappa shape index (κ1) is 11.5. The molecule has 3 heteroatoms. The summed E-state index contributed by atoms with van der Waals surface area (Å²) in [5.74, 6) is 2.02. The Kier molecular flexibility index (Phi) is 2.52. The summed E-state index contributed by atoms with van der Waals surface area (Å²) in [6, 6.07) is 15.6. The first-order chi connectivity index (χ1) is 9.83. The Bertz CT molecular complexity index is 754. The molecule has 2 aromatic carbocycles. The monoisotopic (exact) mass is 264 g/mol. The van der Waals surface area contributed by atoms with Gasteiger partial charge in [0, 0.05) is 11.6 Å². The average molecular weight is 264 g/mol. The van der Waals surface area contributed by atoms with Crippen molar-refractivity contribution in [1.29, 1.82) is 0 Å². The molecule has 0 radical (unpaired) electrons. The molecule has 100 valence electrons. The molecule has 0 spiro atoms. The molecule has 1 saturated carbocycles. The van der Waals surface area contributed by atoms with Crippen LogP contribution in [0.25, 0.3) is 16.7 Å². The fraction of sp³-hybridized carbons (Fsp3) is 0.235. The van der Waals surface area contributed by atoms with Crippen LogP contribution in [0.1, 0.15) is 31.0 Å². The third-order valence-electron chi connectivity index (χ3n) is 4.16. The van der Waals surface area contributed by atoms with Gasteiger partial charge in [0.25, 0.3) is 0 Å². The SMILES string of the molecule is Oc1ccc(-n2c(C3CCC3)nc3ccccc32)cc1. The summed E-state index contributed by atoms with van der Waals surface area (Å²) < 4.78 is 2.23. The van der Waals surface area contributed by atoms with Crippen molar-refractivity contribution in [2.24, 2.45) is 0 Å². The van der Waals surface area contributed by atoms with Crippen molar-refractivity contribution in [2.75, 3.05) is 0 Å². The van der Waals surface area contributed by atoms with Crippen molar-refractivity contribution >= 4 is 11.0 Å². The zero-order valence-corrected chi connectivity index (χ0v) is 11.2. The van der Waals surface area contributed by atoms with Gasteiger partial charge in [0.1, 0.15) is 11.6 Å². The number of phenols is 1. The summed E-state index contributed by atoms with van der Waals surface area (Å²) in [7, 11) is 0. The van der Waals surface area contributed by atoms with Gasteiger partial charge >= 0.3 is 0 Å². The molecular weight excluding hydrogens is 248 g/mol. The van der Waals surface area contributed by atoms with E-state index in [1.54, 1.807) is 12.1 Å². The normalized spacial score (nSPS) is 15.4. The number of imidazole rings is 1. The van der Waals surface area contributed by atoms with Crippen LogP contribution in [0.2, 0.25) is 0 Å². The minimum absolute atomic E-state index is 0.295. The Morgan fingerprint density at radius 1 is 1.00 bits per heavy atom. The number of para-hydroxylation sites is 2. The number of rotatable bonds is 2. The van der Waals surface area contributed by atoms with Crippen molar-refractivity contribution in [3.8, 4) is 11.4 Å². The van der Waals surface area contributed by atoms with Crippen molar-refractivity contribution in [3.63, 3.8) is 0 Å². The molecule has 0 unspecified atom stereocenters. The Hall–Kier alpha value is -2.29. The van der Waals surface area contributed by atoms with E-state index in [1.807, 2.05) is 24.3 Å². The molecule has 1 aromatic heterocycles. The number of aromatic hydroxyl groups is 1. The van der Waals surface area contributed by atoms with Gasteiger partial charge in [-0.15, -0.1) is 0 Å². The van der Waals surface area contributed by atoms with E-state index in [4.69, 9.17) is 4.98 Å². The van der Waals surface area contributed by atoms with E-state index >= 15 is 0 Å². The predicted molar refractivity (Wildman–Crippen MR) is 79.3 cm³/mol. The highest BCUT2D eigenvalue weighted by atomic mass is 16.3. The van der Waals surface area contributed by atoms with E-state index in [0.29, 0.717) is 11.7 Å². The maximum Gasteiger partial charge on any atom is 0.117 e. The molecule has 1 heterocycles. The van der Waals surface area contributed by atoms with Crippen molar-refractivity contribution in [1.82, 2.24) is 9.55 Å². The summed E-state index contributed by atoms with van der Waals surface area (Å²) in [6.45, 7) is 0. The van der Waals surface area contributed by atoms with Crippen LogP contribution in [0, 0.1) is 0 Å². The quantitative estimate of drug-likeness (QED) is 0.759. The predicted octanol–water partition coefficient (Wildman–Crippen LogP) is 4.00. The molecular formula is C17H16N2O. The van der Waals surface area contributed by atoms with Gasteiger partial charge in [-0.1, -0.05) is 18.6 Å². The van der Waals surface area contributed by atoms with Crippen LogP contribution in [-0.4, -0.2) is 14.7 Å². The number of aromatic nitrogens is 2. The molecule has 0 amide bonds. The average Bonchev–Trinajstić information content (AvgIpc) is 2.76. The van der Waals surface area contributed by atoms with Gasteiger partial charge in [-0.2, -0.15) is 0 Å². The zero-order valence-electron chi connectivity index (χ0n) is 11.2. The minimum atomic E-state index is 0.295. The van der Waals surface area contributed by atoms with Crippen LogP contribution in [0.3, 0.4) is 0 Å². The molecule has 20 heavy (non-hydrogen) atoms. The summed E-state index contributed by atoms with van der Waals surface area (Å²) in [5, 5.41) is 9.48. The van der Waals surface area contributed by atoms with Crippen LogP contribution >= 0.6 is 0 Å². The first-order valence-corrected chi connectivity index (χ1v) is 7.10. The lowest BCUT2D eigenvalue weighted by molar-refractivity contribution is 0.399. The van der Waals surface area contributed by atoms with Gasteiger partial charge in [-0.05, 0) is 49.2 Å². The van der Waals surface area contributed by atoms with Gasteiger partial charge < -0.3 is 5.11 Å². The molecule has 1 aliphatic rings. The highest BCUT2D eigenvalue weighted by Gasteiger charge is 2.26. The van der Waals surface area contributed by atoms with Crippen LogP contribution in [0.15, 0.2) is 48.5 Å². The molecule has 0 saturated heterocycles. The van der Waals surface area contributed by atoms with Gasteiger partial charge in [0.15, 0.2) is 0 Å². The minimum Gasteiger partial charge on any atom is -0.508 e. The Labute approximate surface area is 117 Å². The number of benzene rings is 2. The second-order valence-corrected chi connectivity index (χ2v) is 5.44. The molecule has 0 aliphatic heterocycles. The molecule has 1 fully saturated rings. The summed E-state index contributed by atoms with van der Waals surface area (Å²) in [4.78, 5) is 4.83. The molecule has 1 aliphatic carbocycles. The zero-order chi connectivity index (χ0) is 13.5. The fourth-order valence-electron chi connectivity index (χ4n) is 2.86. The highest BCUT2D eigenvalue weighted by molar-refractivity contribution is 5.78. The lowest BCUT2D eigenvalue weighted by atomic mass is 9.85. The third kappa shape index (κ3) is 1.70. The third-order valence-corrected chi connectivity index (χ3v) is 4.16. The van der Waals surface area contributed by atoms with Crippen molar-refractivity contribution in [3.05, 3.63) is 54.4 Å². The van der Waals surface area contributed by atoms with E-state index in [9.17, 15) is 5.11 Å². The second kappa shape index (κ2) is 4.37. The molecule has 0 bridgehead atoms. The van der Waals surface area contributed by atoms with Crippen LogP contribution < -0.4 is 0 Å². The van der Waals surface area contributed by atoms with E-state index in [2.05, 4.69) is 16.7 Å². The van der Waals surface area contributed by atoms with E-state index in [0.717, 1.165) is 22.5 Å². The van der Waals surface area contributed by atoms with E-state index in [1.165, 1.54) is 19.3 Å². The van der Waals surface area contributed by atoms with Gasteiger partial charge in [0.05, 0.1) is 11.0 Å². The standard InChI is InChI=1S/C17H16N2O/c20-14-10-8-13(9-11-14)19-16-7-2-1-6-15(16)18-17(19)12-4-3-5-12/h1-2,6-12,20H,3-5H2. The van der Waals surface area contributed by atoms with Gasteiger partial charge in [0.2, 0.25) is 0 Å². The van der Waals surface area contributed by atoms with Gasteiger partial charge in [-0.3, -0.25) is 4.57 Å². The number of phenolic OH excluding ortho intramolecular Hbond substituents is 1. The van der Waals surface area contributed by atoms with E-state index in [-0.39, 0.29) is 0 Å². The van der Waals surface area contributed by atoms with Gasteiger partial charge in [-0.25, -0.2) is 4.98 Å². The summed E-state index contributed by atoms with van der Waals surface area (Å²) in [6.07, 6.45) is 3.74. The Balaban J connectivity index is 1.97. The van der Waals surface area contributed by atoms with Crippen LogP contribution in [0.5, 0.6) is 5.75 Å². The summed E-state index contributed by atoms with van der Waals surface area (Å²) in [5.41, 5.74) is 3.25. The lowest BCUT2D eigenvalue weighted by Crippen LogP contribution is -2.14. The number of nitrogens with zero attached hydrogens (tertiary/aromatic N) is 2. The largest absolute Gasteiger partial charge is 0.508 e. The Morgan fingerprint density at radius 2 is 1.75 bits per heavy atom. The summed E-state index contributed by atoms with van der Waals surface area (Å²) >= 11 is 0. The molecule has 4 rings (SSSR count). The Morgan fingerprint density at radius 3 is 2.45 bits per heavy atom. The van der Waals surface area contributed by atoms with Crippen LogP contribution in [-0.2, 0) is 0 Å². The fourth-order valence-corrected chi connectivity index (χ4v) is 2.86. The lowest BCUT2D eigenvalue weighted by Gasteiger charge is -2.25. The first-order valence-electron chi connectivity index (χ1n) is 7.10. The number of fused-ring (bicyclic) bond motifs is 1. The number of hydrogen-bond donors (Lipinski definition) is 1. The second-order valence-electron chi connectivity index (χ2n) is 5.44.